The van der Waals surface area contributed by atoms with Crippen LogP contribution in [0.5, 0.6) is 0 Å². The molecule has 0 aliphatic rings. The van der Waals surface area contributed by atoms with Crippen LogP contribution < -0.4 is 5.32 Å². The van der Waals surface area contributed by atoms with Crippen LogP contribution in [0.3, 0.4) is 0 Å². The topological polar surface area (TPSA) is 95.9 Å². The van der Waals surface area contributed by atoms with Gasteiger partial charge < -0.3 is 20.3 Å². The highest BCUT2D eigenvalue weighted by atomic mass is 16.5. The lowest BCUT2D eigenvalue weighted by atomic mass is 10.0. The highest BCUT2D eigenvalue weighted by Crippen LogP contribution is 2.18. The van der Waals surface area contributed by atoms with Crippen molar-refractivity contribution in [3.05, 3.63) is 36.5 Å². The molecule has 0 rings (SSSR count). The largest absolute Gasteiger partial charge is 0.466 e. The molecule has 0 bridgehead atoms. The van der Waals surface area contributed by atoms with E-state index in [0.29, 0.717) is 25.9 Å². The lowest BCUT2D eigenvalue weighted by Gasteiger charge is -2.22. The molecule has 0 aliphatic heterocycles. The average molecular weight is 1010 g/mol. The Morgan fingerprint density at radius 2 is 0.722 bits per heavy atom. The van der Waals surface area contributed by atoms with Crippen LogP contribution in [0.4, 0.5) is 0 Å². The van der Waals surface area contributed by atoms with E-state index in [2.05, 4.69) is 55.6 Å². The number of hydrogen-bond acceptors (Lipinski definition) is 5. The lowest BCUT2D eigenvalue weighted by molar-refractivity contribution is -0.143. The summed E-state index contributed by atoms with van der Waals surface area (Å²) < 4.78 is 5.47. The first-order chi connectivity index (χ1) is 35.5. The summed E-state index contributed by atoms with van der Waals surface area (Å²) in [6.45, 7) is 4.90. The van der Waals surface area contributed by atoms with Crippen molar-refractivity contribution in [2.45, 2.75) is 360 Å². The van der Waals surface area contributed by atoms with Gasteiger partial charge >= 0.3 is 5.97 Å². The number of hydrogen-bond donors (Lipinski definition) is 3. The van der Waals surface area contributed by atoms with Gasteiger partial charge in [0.15, 0.2) is 0 Å². The Hall–Kier alpha value is -1.92. The Morgan fingerprint density at radius 3 is 1.12 bits per heavy atom. The van der Waals surface area contributed by atoms with E-state index in [-0.39, 0.29) is 18.5 Å². The molecule has 0 saturated carbocycles. The molecule has 2 unspecified atom stereocenters. The number of unbranched alkanes of at least 4 members (excludes halogenated alkanes) is 43. The van der Waals surface area contributed by atoms with Crippen LogP contribution in [0, 0.1) is 0 Å². The van der Waals surface area contributed by atoms with Crippen molar-refractivity contribution in [2.24, 2.45) is 0 Å². The summed E-state index contributed by atoms with van der Waals surface area (Å²) in [7, 11) is 0. The summed E-state index contributed by atoms with van der Waals surface area (Å²) in [5, 5.41) is 23.3. The number of aliphatic hydroxyl groups excluding tert-OH is 2. The number of aliphatic hydroxyl groups is 2. The van der Waals surface area contributed by atoms with Gasteiger partial charge in [-0.2, -0.15) is 0 Å². The van der Waals surface area contributed by atoms with Crippen molar-refractivity contribution >= 4 is 11.9 Å². The molecule has 0 aromatic heterocycles. The molecule has 0 heterocycles. The third-order valence-corrected chi connectivity index (χ3v) is 14.9. The highest BCUT2D eigenvalue weighted by molar-refractivity contribution is 5.76. The molecule has 3 N–H and O–H groups in total. The normalized spacial score (nSPS) is 12.8. The molecule has 0 saturated heterocycles. The predicted octanol–water partition coefficient (Wildman–Crippen LogP) is 20.4. The number of nitrogens with one attached hydrogen (secondary N) is 1. The van der Waals surface area contributed by atoms with Gasteiger partial charge in [0.1, 0.15) is 0 Å². The molecule has 0 aliphatic carbocycles. The predicted molar refractivity (Wildman–Crippen MR) is 315 cm³/mol. The third kappa shape index (κ3) is 57.4. The van der Waals surface area contributed by atoms with E-state index in [0.717, 1.165) is 51.4 Å². The second kappa shape index (κ2) is 61.6. The lowest BCUT2D eigenvalue weighted by Crippen LogP contribution is -2.45. The fourth-order valence-electron chi connectivity index (χ4n) is 9.97. The molecule has 0 radical (unpaired) electrons. The Morgan fingerprint density at radius 1 is 0.389 bits per heavy atom. The third-order valence-electron chi connectivity index (χ3n) is 14.9. The van der Waals surface area contributed by atoms with Crippen LogP contribution in [0.25, 0.3) is 0 Å². The summed E-state index contributed by atoms with van der Waals surface area (Å²) in [5.41, 5.74) is 0. The van der Waals surface area contributed by atoms with Gasteiger partial charge in [-0.3, -0.25) is 9.59 Å². The number of esters is 1. The minimum absolute atomic E-state index is 0.000455. The van der Waals surface area contributed by atoms with Gasteiger partial charge in [0.25, 0.3) is 0 Å². The fourth-order valence-corrected chi connectivity index (χ4v) is 9.97. The van der Waals surface area contributed by atoms with Gasteiger partial charge in [-0.1, -0.05) is 294 Å². The second-order valence-electron chi connectivity index (χ2n) is 22.1. The van der Waals surface area contributed by atoms with Crippen LogP contribution in [0.15, 0.2) is 36.5 Å². The van der Waals surface area contributed by atoms with Crippen LogP contribution in [-0.4, -0.2) is 47.4 Å². The first kappa shape index (κ1) is 70.1. The smallest absolute Gasteiger partial charge is 0.305 e. The van der Waals surface area contributed by atoms with Gasteiger partial charge in [0, 0.05) is 12.8 Å². The van der Waals surface area contributed by atoms with Gasteiger partial charge in [0.2, 0.25) is 5.91 Å². The van der Waals surface area contributed by atoms with E-state index >= 15 is 0 Å². The maximum Gasteiger partial charge on any atom is 0.305 e. The van der Waals surface area contributed by atoms with Crippen molar-refractivity contribution < 1.29 is 24.5 Å². The molecule has 2 atom stereocenters. The molecule has 6 heteroatoms. The Kier molecular flexibility index (Phi) is 60.0. The average Bonchev–Trinajstić information content (AvgIpc) is 3.38. The summed E-state index contributed by atoms with van der Waals surface area (Å²) >= 11 is 0. The maximum atomic E-state index is 12.5. The zero-order chi connectivity index (χ0) is 52.2. The molecule has 72 heavy (non-hydrogen) atoms. The Bertz CT molecular complexity index is 1170. The molecule has 0 aromatic rings. The van der Waals surface area contributed by atoms with Crippen LogP contribution in [0.1, 0.15) is 348 Å². The first-order valence-corrected chi connectivity index (χ1v) is 32.2. The van der Waals surface area contributed by atoms with E-state index in [1.807, 2.05) is 0 Å². The molecular weight excluding hydrogens is 887 g/mol. The fraction of sp³-hybridized carbons (Fsp3) is 0.879. The van der Waals surface area contributed by atoms with E-state index in [1.54, 1.807) is 0 Å². The second-order valence-corrected chi connectivity index (χ2v) is 22.1. The number of amides is 1. The minimum atomic E-state index is -0.664. The first-order valence-electron chi connectivity index (χ1n) is 32.2. The van der Waals surface area contributed by atoms with Crippen molar-refractivity contribution in [1.82, 2.24) is 5.32 Å². The Labute approximate surface area is 449 Å². The SMILES string of the molecule is CCC/C=C\C/C=C\CCCCCCCC(=O)OCCCCCCCCCCCCCC/C=C\CCCCCCCCCCCCCCC(=O)NC(CO)C(O)CCCCCCCCCCCCCCCC. The van der Waals surface area contributed by atoms with Crippen LogP contribution in [-0.2, 0) is 14.3 Å². The summed E-state index contributed by atoms with van der Waals surface area (Å²) in [6, 6.07) is -0.541. The van der Waals surface area contributed by atoms with Crippen LogP contribution in [0.2, 0.25) is 0 Å². The van der Waals surface area contributed by atoms with Gasteiger partial charge in [-0.05, 0) is 77.0 Å². The summed E-state index contributed by atoms with van der Waals surface area (Å²) in [4.78, 5) is 24.5. The van der Waals surface area contributed by atoms with Crippen molar-refractivity contribution in [2.75, 3.05) is 13.2 Å². The van der Waals surface area contributed by atoms with E-state index in [1.165, 1.54) is 263 Å². The zero-order valence-corrected chi connectivity index (χ0v) is 48.4. The molecular formula is C66H125NO5. The maximum absolute atomic E-state index is 12.5. The Balaban J connectivity index is 3.37. The van der Waals surface area contributed by atoms with Crippen molar-refractivity contribution in [1.29, 1.82) is 0 Å². The number of rotatable bonds is 60. The van der Waals surface area contributed by atoms with E-state index in [4.69, 9.17) is 4.74 Å². The van der Waals surface area contributed by atoms with Crippen molar-refractivity contribution in [3.63, 3.8) is 0 Å². The van der Waals surface area contributed by atoms with Gasteiger partial charge in [-0.25, -0.2) is 0 Å². The molecule has 6 nitrogen and oxygen atoms in total. The van der Waals surface area contributed by atoms with E-state index in [9.17, 15) is 19.8 Å². The number of carbonyl (C=O) groups excluding carboxylic acids is 2. The van der Waals surface area contributed by atoms with Gasteiger partial charge in [0.05, 0.1) is 25.4 Å². The summed E-state index contributed by atoms with van der Waals surface area (Å²) in [5.74, 6) is -0.0331. The number of ether oxygens (including phenoxy) is 1. The number of allylic oxidation sites excluding steroid dienone is 6. The minimum Gasteiger partial charge on any atom is -0.466 e. The highest BCUT2D eigenvalue weighted by Gasteiger charge is 2.20. The quantitative estimate of drug-likeness (QED) is 0.0320. The molecule has 0 spiro atoms. The van der Waals surface area contributed by atoms with Gasteiger partial charge in [-0.15, -0.1) is 0 Å². The molecule has 0 fully saturated rings. The van der Waals surface area contributed by atoms with E-state index < -0.39 is 12.1 Å². The zero-order valence-electron chi connectivity index (χ0n) is 48.4. The van der Waals surface area contributed by atoms with Crippen LogP contribution >= 0.6 is 0 Å². The number of carbonyl (C=O) groups is 2. The molecule has 424 valence electrons. The monoisotopic (exact) mass is 1010 g/mol. The molecule has 0 aromatic carbocycles. The standard InChI is InChI=1S/C66H125NO5/c1-3-5-7-9-11-13-15-17-35-38-42-46-50-54-58-64(69)63(62-68)67-65(70)59-55-51-47-43-39-36-32-30-28-26-24-22-20-18-19-21-23-25-27-29-31-33-37-41-45-49-53-57-61-72-66(71)60-56-52-48-44-40-34-16-14-12-10-8-6-4-2/h8,10,14,16,18-19,63-64,68-69H,3-7,9,11-13,15,17,20-62H2,1-2H3,(H,67,70)/b10-8-,16-14-,19-18-. The molecule has 1 amide bonds. The van der Waals surface area contributed by atoms with Crippen molar-refractivity contribution in [3.8, 4) is 0 Å². The summed E-state index contributed by atoms with van der Waals surface area (Å²) in [6.07, 6.45) is 77.4.